The summed E-state index contributed by atoms with van der Waals surface area (Å²) < 4.78 is 8.65. The van der Waals surface area contributed by atoms with Crippen LogP contribution in [0.4, 0.5) is 5.13 Å². The van der Waals surface area contributed by atoms with Gasteiger partial charge >= 0.3 is 0 Å². The van der Waals surface area contributed by atoms with Gasteiger partial charge in [0.25, 0.3) is 0 Å². The predicted octanol–water partition coefficient (Wildman–Crippen LogP) is 3.07. The topological polar surface area (TPSA) is 41.9 Å². The largest absolute Gasteiger partial charge is 0.312 e. The molecule has 3 rings (SSSR count). The summed E-state index contributed by atoms with van der Waals surface area (Å²) in [7, 11) is 0. The van der Waals surface area contributed by atoms with E-state index in [-0.39, 0.29) is 0 Å². The third-order valence-corrected chi connectivity index (χ3v) is 4.59. The van der Waals surface area contributed by atoms with E-state index in [1.165, 1.54) is 6.20 Å². The Balaban J connectivity index is 1.98. The molecule has 6 heteroatoms. The van der Waals surface area contributed by atoms with Crippen LogP contribution in [0.1, 0.15) is 6.93 Å². The van der Waals surface area contributed by atoms with E-state index >= 15 is 0 Å². The van der Waals surface area contributed by atoms with Gasteiger partial charge in [-0.1, -0.05) is 35.3 Å². The molecule has 0 saturated heterocycles. The van der Waals surface area contributed by atoms with Crippen molar-refractivity contribution >= 4 is 33.9 Å². The summed E-state index contributed by atoms with van der Waals surface area (Å²) in [5.74, 6) is 0. The molecule has 0 amide bonds. The van der Waals surface area contributed by atoms with Crippen molar-refractivity contribution in [1.82, 2.24) is 15.2 Å². The Morgan fingerprint density at radius 3 is 3.21 bits per heavy atom. The Morgan fingerprint density at radius 2 is 2.42 bits per heavy atom. The van der Waals surface area contributed by atoms with Crippen LogP contribution in [0.5, 0.6) is 0 Å². The van der Waals surface area contributed by atoms with Crippen LogP contribution in [-0.4, -0.2) is 28.0 Å². The average Bonchev–Trinajstić information content (AvgIpc) is 2.96. The smallest absolute Gasteiger partial charge is 0.213 e. The zero-order valence-electron chi connectivity index (χ0n) is 11.3. The van der Waals surface area contributed by atoms with Crippen LogP contribution in [0.25, 0.3) is 5.70 Å². The summed E-state index contributed by atoms with van der Waals surface area (Å²) in [5, 5.41) is 9.24. The number of nitrogens with zero attached hydrogens (tertiary/aromatic N) is 4. The summed E-state index contributed by atoms with van der Waals surface area (Å²) in [5.41, 5.74) is 1.92. The number of rotatable bonds is 3. The van der Waals surface area contributed by atoms with Gasteiger partial charge in [-0.15, -0.1) is 10.2 Å². The second-order valence-corrected chi connectivity index (χ2v) is 5.83. The number of aromatic nitrogens is 3. The standard InChI is InChI=1S/C13H12N4S2/c1-18-13-16-15-12(19-13)17-8-3-2-6-11(17)10-5-4-7-14-9-10/h2-7,9H,8H2,1H3/i4D. The van der Waals surface area contributed by atoms with Gasteiger partial charge in [0, 0.05) is 24.5 Å². The van der Waals surface area contributed by atoms with E-state index in [1.807, 2.05) is 24.5 Å². The fraction of sp³-hybridized carbons (Fsp3) is 0.154. The fourth-order valence-electron chi connectivity index (χ4n) is 1.81. The molecule has 2 aromatic heterocycles. The van der Waals surface area contributed by atoms with Gasteiger partial charge in [-0.2, -0.15) is 0 Å². The van der Waals surface area contributed by atoms with Gasteiger partial charge in [0.2, 0.25) is 5.13 Å². The number of anilines is 1. The maximum atomic E-state index is 7.70. The lowest BCUT2D eigenvalue weighted by atomic mass is 10.1. The van der Waals surface area contributed by atoms with Crippen molar-refractivity contribution in [1.29, 1.82) is 0 Å². The molecular formula is C13H12N4S2. The normalized spacial score (nSPS) is 15.3. The van der Waals surface area contributed by atoms with Crippen molar-refractivity contribution in [2.75, 3.05) is 17.7 Å². The molecule has 4 nitrogen and oxygen atoms in total. The lowest BCUT2D eigenvalue weighted by Gasteiger charge is -2.25. The minimum Gasteiger partial charge on any atom is -0.312 e. The van der Waals surface area contributed by atoms with Crippen LogP contribution < -0.4 is 4.90 Å². The molecule has 2 aromatic rings. The molecule has 0 fully saturated rings. The summed E-state index contributed by atoms with van der Waals surface area (Å²) in [6.45, 7) is 0.747. The van der Waals surface area contributed by atoms with E-state index in [1.54, 1.807) is 29.3 Å². The second-order valence-electron chi connectivity index (χ2n) is 3.82. The molecular weight excluding hydrogens is 276 g/mol. The average molecular weight is 289 g/mol. The van der Waals surface area contributed by atoms with E-state index in [0.717, 1.165) is 27.3 Å². The quantitative estimate of drug-likeness (QED) is 0.812. The molecule has 1 aliphatic heterocycles. The molecule has 3 heterocycles. The Hall–Kier alpha value is -1.66. The fourth-order valence-corrected chi connectivity index (χ4v) is 3.09. The van der Waals surface area contributed by atoms with Gasteiger partial charge in [0.05, 0.1) is 7.07 Å². The van der Waals surface area contributed by atoms with Crippen LogP contribution in [0, 0.1) is 0 Å². The van der Waals surface area contributed by atoms with Crippen LogP contribution in [0.2, 0.25) is 0 Å². The number of thioether (sulfide) groups is 1. The first-order valence-electron chi connectivity index (χ1n) is 6.22. The SMILES string of the molecule is [2H]c1cncc(C2=CC=CCN2c2nnc(SC)s2)c1. The van der Waals surface area contributed by atoms with E-state index < -0.39 is 0 Å². The lowest BCUT2D eigenvalue weighted by Crippen LogP contribution is -2.23. The Morgan fingerprint density at radius 1 is 1.47 bits per heavy atom. The summed E-state index contributed by atoms with van der Waals surface area (Å²) in [4.78, 5) is 6.18. The zero-order valence-corrected chi connectivity index (χ0v) is 11.9. The summed E-state index contributed by atoms with van der Waals surface area (Å²) >= 11 is 3.16. The van der Waals surface area contributed by atoms with E-state index in [0.29, 0.717) is 6.04 Å². The first-order chi connectivity index (χ1) is 9.78. The maximum absolute atomic E-state index is 7.70. The Bertz CT molecular complexity index is 681. The first-order valence-corrected chi connectivity index (χ1v) is 7.76. The second kappa shape index (κ2) is 5.54. The monoisotopic (exact) mass is 289 g/mol. The van der Waals surface area contributed by atoms with Crippen LogP contribution in [0.3, 0.4) is 0 Å². The molecule has 0 aromatic carbocycles. The van der Waals surface area contributed by atoms with Gasteiger partial charge < -0.3 is 4.90 Å². The Labute approximate surface area is 121 Å². The summed E-state index contributed by atoms with van der Waals surface area (Å²) in [6, 6.07) is 2.21. The molecule has 96 valence electrons. The molecule has 0 saturated carbocycles. The van der Waals surface area contributed by atoms with Gasteiger partial charge in [0.1, 0.15) is 0 Å². The molecule has 0 aliphatic carbocycles. The molecule has 0 atom stereocenters. The third-order valence-electron chi connectivity index (χ3n) is 2.67. The van der Waals surface area contributed by atoms with Crippen molar-refractivity contribution < 1.29 is 1.37 Å². The highest BCUT2D eigenvalue weighted by atomic mass is 32.2. The van der Waals surface area contributed by atoms with E-state index in [4.69, 9.17) is 1.37 Å². The first kappa shape index (κ1) is 11.2. The molecule has 0 radical (unpaired) electrons. The van der Waals surface area contributed by atoms with Crippen molar-refractivity contribution in [2.24, 2.45) is 0 Å². The minimum atomic E-state index is 0.403. The molecule has 19 heavy (non-hydrogen) atoms. The van der Waals surface area contributed by atoms with Gasteiger partial charge in [-0.3, -0.25) is 4.98 Å². The molecule has 0 N–H and O–H groups in total. The van der Waals surface area contributed by atoms with Crippen molar-refractivity contribution in [2.45, 2.75) is 4.34 Å². The molecule has 0 bridgehead atoms. The number of hydrogen-bond donors (Lipinski definition) is 0. The summed E-state index contributed by atoms with van der Waals surface area (Å²) in [6.07, 6.45) is 11.4. The van der Waals surface area contributed by atoms with Crippen molar-refractivity contribution in [3.8, 4) is 0 Å². The van der Waals surface area contributed by atoms with E-state index in [2.05, 4.69) is 26.2 Å². The Kier molecular flexibility index (Phi) is 3.26. The van der Waals surface area contributed by atoms with Crippen LogP contribution >= 0.6 is 23.1 Å². The van der Waals surface area contributed by atoms with Gasteiger partial charge in [0.15, 0.2) is 4.34 Å². The highest BCUT2D eigenvalue weighted by molar-refractivity contribution is 8.00. The van der Waals surface area contributed by atoms with Crippen LogP contribution in [0.15, 0.2) is 47.1 Å². The van der Waals surface area contributed by atoms with Gasteiger partial charge in [-0.05, 0) is 24.4 Å². The molecule has 1 aliphatic rings. The van der Waals surface area contributed by atoms with Crippen LogP contribution in [-0.2, 0) is 0 Å². The van der Waals surface area contributed by atoms with Crippen molar-refractivity contribution in [3.63, 3.8) is 0 Å². The molecule has 0 unspecified atom stereocenters. The highest BCUT2D eigenvalue weighted by Crippen LogP contribution is 2.32. The number of hydrogen-bond acceptors (Lipinski definition) is 6. The van der Waals surface area contributed by atoms with E-state index in [9.17, 15) is 0 Å². The predicted molar refractivity (Wildman–Crippen MR) is 80.4 cm³/mol. The number of allylic oxidation sites excluding steroid dienone is 2. The van der Waals surface area contributed by atoms with Gasteiger partial charge in [-0.25, -0.2) is 0 Å². The maximum Gasteiger partial charge on any atom is 0.213 e. The highest BCUT2D eigenvalue weighted by Gasteiger charge is 2.18. The number of pyridine rings is 1. The minimum absolute atomic E-state index is 0.403. The van der Waals surface area contributed by atoms with Crippen molar-refractivity contribution in [3.05, 3.63) is 48.3 Å². The third kappa shape index (κ3) is 2.54. The molecule has 0 spiro atoms. The zero-order chi connectivity index (χ0) is 13.9. The lowest BCUT2D eigenvalue weighted by molar-refractivity contribution is 0.969.